The number of likely N-dealkylation sites (tertiary alicyclic amines) is 1. The first kappa shape index (κ1) is 17.3. The molecule has 124 valence electrons. The smallest absolute Gasteiger partial charge is 0.0332 e. The quantitative estimate of drug-likeness (QED) is 0.831. The van der Waals surface area contributed by atoms with Crippen molar-refractivity contribution >= 4 is 0 Å². The van der Waals surface area contributed by atoms with Crippen LogP contribution in [0.4, 0.5) is 0 Å². The third-order valence-corrected chi connectivity index (χ3v) is 6.88. The van der Waals surface area contributed by atoms with Gasteiger partial charge in [-0.1, -0.05) is 41.0 Å². The largest absolute Gasteiger partial charge is 0.329 e. The Bertz CT molecular complexity index is 337. The first-order valence-electron chi connectivity index (χ1n) is 9.20. The van der Waals surface area contributed by atoms with Crippen molar-refractivity contribution < 1.29 is 0 Å². The summed E-state index contributed by atoms with van der Waals surface area (Å²) < 4.78 is 0. The Morgan fingerprint density at radius 2 is 1.76 bits per heavy atom. The van der Waals surface area contributed by atoms with Crippen molar-refractivity contribution in [2.24, 2.45) is 22.5 Å². The molecule has 0 spiro atoms. The highest BCUT2D eigenvalue weighted by Crippen LogP contribution is 2.46. The molecular weight excluding hydrogens is 256 g/mol. The highest BCUT2D eigenvalue weighted by Gasteiger charge is 2.44. The number of rotatable bonds is 4. The van der Waals surface area contributed by atoms with E-state index >= 15 is 0 Å². The summed E-state index contributed by atoms with van der Waals surface area (Å²) in [5.41, 5.74) is 7.58. The van der Waals surface area contributed by atoms with E-state index in [1.54, 1.807) is 0 Å². The Labute approximate surface area is 132 Å². The molecule has 2 nitrogen and oxygen atoms in total. The van der Waals surface area contributed by atoms with Gasteiger partial charge >= 0.3 is 0 Å². The molecule has 0 radical (unpaired) electrons. The molecule has 0 atom stereocenters. The molecule has 2 N–H and O–H groups in total. The lowest BCUT2D eigenvalue weighted by Gasteiger charge is -2.53. The Balaban J connectivity index is 2.04. The van der Waals surface area contributed by atoms with E-state index in [9.17, 15) is 0 Å². The lowest BCUT2D eigenvalue weighted by Crippen LogP contribution is -2.60. The van der Waals surface area contributed by atoms with Gasteiger partial charge in [0.25, 0.3) is 0 Å². The number of piperidine rings is 1. The van der Waals surface area contributed by atoms with Gasteiger partial charge in [0.15, 0.2) is 0 Å². The molecule has 1 saturated carbocycles. The number of nitrogens with zero attached hydrogens (tertiary/aromatic N) is 1. The van der Waals surface area contributed by atoms with Crippen LogP contribution in [-0.4, -0.2) is 30.1 Å². The van der Waals surface area contributed by atoms with E-state index in [2.05, 4.69) is 39.5 Å². The van der Waals surface area contributed by atoms with Gasteiger partial charge in [-0.05, 0) is 61.8 Å². The van der Waals surface area contributed by atoms with Crippen LogP contribution < -0.4 is 5.73 Å². The normalized spacial score (nSPS) is 34.9. The lowest BCUT2D eigenvalue weighted by molar-refractivity contribution is -0.0247. The minimum Gasteiger partial charge on any atom is -0.329 e. The van der Waals surface area contributed by atoms with Crippen LogP contribution in [0.3, 0.4) is 0 Å². The molecular formula is C19H38N2. The maximum atomic E-state index is 6.30. The van der Waals surface area contributed by atoms with Crippen molar-refractivity contribution in [3.8, 4) is 0 Å². The van der Waals surface area contributed by atoms with Crippen molar-refractivity contribution in [2.75, 3.05) is 19.6 Å². The molecule has 0 aromatic heterocycles. The van der Waals surface area contributed by atoms with Gasteiger partial charge in [0.05, 0.1) is 0 Å². The summed E-state index contributed by atoms with van der Waals surface area (Å²) >= 11 is 0. The van der Waals surface area contributed by atoms with Crippen LogP contribution in [0.15, 0.2) is 0 Å². The zero-order chi connectivity index (χ0) is 15.7. The molecule has 1 aliphatic carbocycles. The van der Waals surface area contributed by atoms with Crippen LogP contribution in [0.1, 0.15) is 79.6 Å². The SMILES string of the molecule is CCC(C)(C)C1CCC(CN)(N2CCCC(C)(C)C2)CC1. The summed E-state index contributed by atoms with van der Waals surface area (Å²) in [4.78, 5) is 2.77. The molecule has 2 aliphatic rings. The number of hydrogen-bond acceptors (Lipinski definition) is 2. The predicted octanol–water partition coefficient (Wildman–Crippen LogP) is 4.43. The third kappa shape index (κ3) is 3.64. The van der Waals surface area contributed by atoms with Crippen LogP contribution >= 0.6 is 0 Å². The molecule has 0 aromatic carbocycles. The second-order valence-corrected chi connectivity index (χ2v) is 9.23. The molecule has 21 heavy (non-hydrogen) atoms. The van der Waals surface area contributed by atoms with Gasteiger partial charge in [-0.3, -0.25) is 4.90 Å². The molecule has 0 amide bonds. The van der Waals surface area contributed by atoms with E-state index in [0.717, 1.165) is 12.5 Å². The van der Waals surface area contributed by atoms with Gasteiger partial charge in [-0.25, -0.2) is 0 Å². The topological polar surface area (TPSA) is 29.3 Å². The Hall–Kier alpha value is -0.0800. The average molecular weight is 295 g/mol. The highest BCUT2D eigenvalue weighted by molar-refractivity contribution is 5.00. The Morgan fingerprint density at radius 1 is 1.14 bits per heavy atom. The monoisotopic (exact) mass is 294 g/mol. The molecule has 0 aromatic rings. The van der Waals surface area contributed by atoms with E-state index in [1.807, 2.05) is 0 Å². The van der Waals surface area contributed by atoms with E-state index in [1.165, 1.54) is 58.0 Å². The molecule has 0 unspecified atom stereocenters. The highest BCUT2D eigenvalue weighted by atomic mass is 15.2. The van der Waals surface area contributed by atoms with Gasteiger partial charge in [0.2, 0.25) is 0 Å². The molecule has 0 bridgehead atoms. The van der Waals surface area contributed by atoms with E-state index in [-0.39, 0.29) is 0 Å². The Kier molecular flexibility index (Phi) is 5.10. The molecule has 1 saturated heterocycles. The van der Waals surface area contributed by atoms with Crippen molar-refractivity contribution in [1.29, 1.82) is 0 Å². The fourth-order valence-corrected chi connectivity index (χ4v) is 4.70. The van der Waals surface area contributed by atoms with Gasteiger partial charge in [-0.2, -0.15) is 0 Å². The molecule has 2 fully saturated rings. The van der Waals surface area contributed by atoms with Gasteiger partial charge < -0.3 is 5.73 Å². The summed E-state index contributed by atoms with van der Waals surface area (Å²) in [7, 11) is 0. The van der Waals surface area contributed by atoms with E-state index in [4.69, 9.17) is 5.73 Å². The summed E-state index contributed by atoms with van der Waals surface area (Å²) in [5, 5.41) is 0. The standard InChI is InChI=1S/C19H38N2/c1-6-18(4,5)16-8-11-19(14-20,12-9-16)21-13-7-10-17(2,3)15-21/h16H,6-15,20H2,1-5H3. The molecule has 2 heteroatoms. The predicted molar refractivity (Wildman–Crippen MR) is 92.4 cm³/mol. The van der Waals surface area contributed by atoms with E-state index < -0.39 is 0 Å². The zero-order valence-electron chi connectivity index (χ0n) is 15.2. The van der Waals surface area contributed by atoms with Crippen molar-refractivity contribution in [1.82, 2.24) is 4.90 Å². The zero-order valence-corrected chi connectivity index (χ0v) is 15.2. The summed E-state index contributed by atoms with van der Waals surface area (Å²) in [6, 6.07) is 0. The van der Waals surface area contributed by atoms with Gasteiger partial charge in [0, 0.05) is 18.6 Å². The number of nitrogens with two attached hydrogens (primary N) is 1. The van der Waals surface area contributed by atoms with Crippen molar-refractivity contribution in [2.45, 2.75) is 85.1 Å². The molecule has 1 aliphatic heterocycles. The van der Waals surface area contributed by atoms with Crippen LogP contribution in [0.5, 0.6) is 0 Å². The van der Waals surface area contributed by atoms with Crippen LogP contribution in [0.2, 0.25) is 0 Å². The summed E-state index contributed by atoms with van der Waals surface area (Å²) in [5.74, 6) is 0.889. The summed E-state index contributed by atoms with van der Waals surface area (Å²) in [6.07, 6.45) is 9.38. The minimum absolute atomic E-state index is 0.304. The number of hydrogen-bond donors (Lipinski definition) is 1. The minimum atomic E-state index is 0.304. The van der Waals surface area contributed by atoms with Crippen LogP contribution in [0, 0.1) is 16.7 Å². The fourth-order valence-electron chi connectivity index (χ4n) is 4.70. The molecule has 1 heterocycles. The van der Waals surface area contributed by atoms with E-state index in [0.29, 0.717) is 16.4 Å². The maximum absolute atomic E-state index is 6.30. The van der Waals surface area contributed by atoms with Crippen molar-refractivity contribution in [3.63, 3.8) is 0 Å². The lowest BCUT2D eigenvalue weighted by atomic mass is 9.64. The van der Waals surface area contributed by atoms with Crippen molar-refractivity contribution in [3.05, 3.63) is 0 Å². The van der Waals surface area contributed by atoms with Gasteiger partial charge in [-0.15, -0.1) is 0 Å². The summed E-state index contributed by atoms with van der Waals surface area (Å²) in [6.45, 7) is 15.5. The van der Waals surface area contributed by atoms with Crippen LogP contribution in [-0.2, 0) is 0 Å². The average Bonchev–Trinajstić information content (AvgIpc) is 2.46. The second kappa shape index (κ2) is 6.20. The molecule has 2 rings (SSSR count). The van der Waals surface area contributed by atoms with Gasteiger partial charge in [0.1, 0.15) is 0 Å². The third-order valence-electron chi connectivity index (χ3n) is 6.88. The maximum Gasteiger partial charge on any atom is 0.0332 e. The first-order valence-corrected chi connectivity index (χ1v) is 9.20. The first-order chi connectivity index (χ1) is 9.75. The second-order valence-electron chi connectivity index (χ2n) is 9.23. The fraction of sp³-hybridized carbons (Fsp3) is 1.00. The van der Waals surface area contributed by atoms with Crippen LogP contribution in [0.25, 0.3) is 0 Å². The Morgan fingerprint density at radius 3 is 2.24 bits per heavy atom.